The molecule has 0 aliphatic heterocycles. The van der Waals surface area contributed by atoms with Gasteiger partial charge in [0.1, 0.15) is 6.26 Å². The van der Waals surface area contributed by atoms with Crippen molar-refractivity contribution in [2.24, 2.45) is 0 Å². The normalized spacial score (nSPS) is 10.3. The van der Waals surface area contributed by atoms with Gasteiger partial charge in [-0.25, -0.2) is 4.79 Å². The molecular formula is C12H11BrN2O3. The van der Waals surface area contributed by atoms with E-state index in [4.69, 9.17) is 9.52 Å². The third-order valence-corrected chi connectivity index (χ3v) is 2.91. The number of anilines is 2. The molecule has 0 aliphatic rings. The van der Waals surface area contributed by atoms with Gasteiger partial charge in [-0.15, -0.1) is 0 Å². The minimum absolute atomic E-state index is 0.118. The van der Waals surface area contributed by atoms with Crippen LogP contribution in [0.5, 0.6) is 0 Å². The van der Waals surface area contributed by atoms with Crippen LogP contribution in [-0.4, -0.2) is 16.1 Å². The fourth-order valence-corrected chi connectivity index (χ4v) is 1.93. The number of hydrogen-bond donors (Lipinski definition) is 2. The van der Waals surface area contributed by atoms with Crippen LogP contribution in [0.15, 0.2) is 33.4 Å². The van der Waals surface area contributed by atoms with Crippen molar-refractivity contribution in [3.63, 3.8) is 0 Å². The highest BCUT2D eigenvalue weighted by molar-refractivity contribution is 9.10. The van der Waals surface area contributed by atoms with Gasteiger partial charge < -0.3 is 14.8 Å². The van der Waals surface area contributed by atoms with Gasteiger partial charge in [0, 0.05) is 10.2 Å². The lowest BCUT2D eigenvalue weighted by molar-refractivity contribution is 0.0690. The molecule has 18 heavy (non-hydrogen) atoms. The Bertz CT molecular complexity index is 580. The van der Waals surface area contributed by atoms with Crippen molar-refractivity contribution < 1.29 is 14.3 Å². The summed E-state index contributed by atoms with van der Waals surface area (Å²) in [7, 11) is 0. The molecule has 5 nitrogen and oxygen atoms in total. The SMILES string of the molecule is CCc1cc(Br)ccc1Nc1nc(C(=O)O)co1. The summed E-state index contributed by atoms with van der Waals surface area (Å²) < 4.78 is 6.03. The number of carboxylic acids is 1. The molecule has 0 saturated carbocycles. The lowest BCUT2D eigenvalue weighted by atomic mass is 10.1. The van der Waals surface area contributed by atoms with Gasteiger partial charge in [-0.05, 0) is 30.2 Å². The maximum absolute atomic E-state index is 10.7. The average molecular weight is 311 g/mol. The molecule has 0 saturated heterocycles. The number of nitrogens with one attached hydrogen (secondary N) is 1. The van der Waals surface area contributed by atoms with E-state index in [0.717, 1.165) is 28.4 Å². The van der Waals surface area contributed by atoms with E-state index in [0.29, 0.717) is 0 Å². The number of benzene rings is 1. The molecule has 6 heteroatoms. The first-order valence-electron chi connectivity index (χ1n) is 5.34. The fourth-order valence-electron chi connectivity index (χ4n) is 1.52. The third kappa shape index (κ3) is 2.70. The third-order valence-electron chi connectivity index (χ3n) is 2.41. The number of halogens is 1. The predicted molar refractivity (Wildman–Crippen MR) is 70.3 cm³/mol. The molecule has 0 unspecified atom stereocenters. The number of aryl methyl sites for hydroxylation is 1. The highest BCUT2D eigenvalue weighted by Crippen LogP contribution is 2.24. The molecule has 0 aliphatic carbocycles. The van der Waals surface area contributed by atoms with Gasteiger partial charge in [0.05, 0.1) is 0 Å². The maximum atomic E-state index is 10.7. The minimum atomic E-state index is -1.11. The first-order valence-corrected chi connectivity index (χ1v) is 6.13. The number of nitrogens with zero attached hydrogens (tertiary/aromatic N) is 1. The van der Waals surface area contributed by atoms with Crippen molar-refractivity contribution in [2.45, 2.75) is 13.3 Å². The van der Waals surface area contributed by atoms with Crippen LogP contribution < -0.4 is 5.32 Å². The molecule has 2 aromatic rings. The van der Waals surface area contributed by atoms with Gasteiger partial charge in [-0.1, -0.05) is 22.9 Å². The zero-order chi connectivity index (χ0) is 13.1. The van der Waals surface area contributed by atoms with Crippen LogP contribution >= 0.6 is 15.9 Å². The van der Waals surface area contributed by atoms with E-state index in [1.54, 1.807) is 0 Å². The summed E-state index contributed by atoms with van der Waals surface area (Å²) in [6.07, 6.45) is 1.95. The molecule has 2 rings (SSSR count). The maximum Gasteiger partial charge on any atom is 0.357 e. The second-order valence-corrected chi connectivity index (χ2v) is 4.54. The number of oxazole rings is 1. The number of hydrogen-bond acceptors (Lipinski definition) is 4. The van der Waals surface area contributed by atoms with Gasteiger partial charge >= 0.3 is 5.97 Å². The molecular weight excluding hydrogens is 300 g/mol. The molecule has 0 spiro atoms. The number of aromatic nitrogens is 1. The molecule has 1 heterocycles. The Balaban J connectivity index is 2.25. The quantitative estimate of drug-likeness (QED) is 0.904. The zero-order valence-corrected chi connectivity index (χ0v) is 11.2. The number of aromatic carboxylic acids is 1. The molecule has 0 radical (unpaired) electrons. The molecule has 94 valence electrons. The summed E-state index contributed by atoms with van der Waals surface area (Å²) in [5.74, 6) is -1.11. The van der Waals surface area contributed by atoms with Gasteiger partial charge in [0.25, 0.3) is 6.01 Å². The lowest BCUT2D eigenvalue weighted by Gasteiger charge is -2.08. The zero-order valence-electron chi connectivity index (χ0n) is 9.61. The highest BCUT2D eigenvalue weighted by atomic mass is 79.9. The average Bonchev–Trinajstić information content (AvgIpc) is 2.80. The standard InChI is InChI=1S/C12H11BrN2O3/c1-2-7-5-8(13)3-4-9(7)14-12-15-10(6-18-12)11(16)17/h3-6H,2H2,1H3,(H,14,15)(H,16,17). The van der Waals surface area contributed by atoms with E-state index in [1.807, 2.05) is 25.1 Å². The van der Waals surface area contributed by atoms with Gasteiger partial charge in [0.15, 0.2) is 5.69 Å². The highest BCUT2D eigenvalue weighted by Gasteiger charge is 2.11. The van der Waals surface area contributed by atoms with E-state index in [-0.39, 0.29) is 11.7 Å². The Kier molecular flexibility index (Phi) is 3.66. The van der Waals surface area contributed by atoms with Crippen molar-refractivity contribution >= 4 is 33.6 Å². The van der Waals surface area contributed by atoms with Crippen molar-refractivity contribution in [3.05, 3.63) is 40.2 Å². The molecule has 1 aromatic heterocycles. The van der Waals surface area contributed by atoms with Crippen molar-refractivity contribution in [3.8, 4) is 0 Å². The summed E-state index contributed by atoms with van der Waals surface area (Å²) in [6.45, 7) is 2.03. The van der Waals surface area contributed by atoms with Crippen molar-refractivity contribution in [2.75, 3.05) is 5.32 Å². The Morgan fingerprint density at radius 2 is 2.33 bits per heavy atom. The van der Waals surface area contributed by atoms with E-state index in [2.05, 4.69) is 26.2 Å². The topological polar surface area (TPSA) is 75.4 Å². The van der Waals surface area contributed by atoms with Gasteiger partial charge in [-0.3, -0.25) is 0 Å². The lowest BCUT2D eigenvalue weighted by Crippen LogP contribution is -1.98. The summed E-state index contributed by atoms with van der Waals surface area (Å²) in [4.78, 5) is 14.5. The van der Waals surface area contributed by atoms with Crippen LogP contribution in [0.3, 0.4) is 0 Å². The summed E-state index contributed by atoms with van der Waals surface area (Å²) in [5, 5.41) is 11.7. The number of carbonyl (C=O) groups is 1. The smallest absolute Gasteiger partial charge is 0.357 e. The molecule has 0 bridgehead atoms. The van der Waals surface area contributed by atoms with Crippen LogP contribution in [0.2, 0.25) is 0 Å². The van der Waals surface area contributed by atoms with Crippen molar-refractivity contribution in [1.29, 1.82) is 0 Å². The number of rotatable bonds is 4. The second kappa shape index (κ2) is 5.22. The van der Waals surface area contributed by atoms with Crippen LogP contribution in [0, 0.1) is 0 Å². The summed E-state index contributed by atoms with van der Waals surface area (Å²) >= 11 is 3.40. The van der Waals surface area contributed by atoms with Crippen LogP contribution in [0.1, 0.15) is 23.0 Å². The second-order valence-electron chi connectivity index (χ2n) is 3.62. The molecule has 0 amide bonds. The first kappa shape index (κ1) is 12.6. The van der Waals surface area contributed by atoms with E-state index >= 15 is 0 Å². The predicted octanol–water partition coefficient (Wildman–Crippen LogP) is 3.44. The van der Waals surface area contributed by atoms with Crippen molar-refractivity contribution in [1.82, 2.24) is 4.98 Å². The van der Waals surface area contributed by atoms with E-state index in [9.17, 15) is 4.79 Å². The van der Waals surface area contributed by atoms with Crippen LogP contribution in [0.25, 0.3) is 0 Å². The Morgan fingerprint density at radius 3 is 2.94 bits per heavy atom. The summed E-state index contributed by atoms with van der Waals surface area (Å²) in [6, 6.07) is 5.93. The molecule has 2 N–H and O–H groups in total. The first-order chi connectivity index (χ1) is 8.60. The molecule has 1 aromatic carbocycles. The molecule has 0 fully saturated rings. The monoisotopic (exact) mass is 310 g/mol. The largest absolute Gasteiger partial charge is 0.476 e. The molecule has 0 atom stereocenters. The Morgan fingerprint density at radius 1 is 1.56 bits per heavy atom. The van der Waals surface area contributed by atoms with Gasteiger partial charge in [-0.2, -0.15) is 4.98 Å². The van der Waals surface area contributed by atoms with E-state index < -0.39 is 5.97 Å². The minimum Gasteiger partial charge on any atom is -0.476 e. The number of carboxylic acid groups (broad SMARTS) is 1. The van der Waals surface area contributed by atoms with Crippen LogP contribution in [0.4, 0.5) is 11.7 Å². The Labute approximate surface area is 112 Å². The summed E-state index contributed by atoms with van der Waals surface area (Å²) in [5.41, 5.74) is 1.81. The van der Waals surface area contributed by atoms with E-state index in [1.165, 1.54) is 0 Å². The Hall–Kier alpha value is -1.82. The van der Waals surface area contributed by atoms with Crippen LogP contribution in [-0.2, 0) is 6.42 Å². The van der Waals surface area contributed by atoms with Gasteiger partial charge in [0.2, 0.25) is 0 Å². The fraction of sp³-hybridized carbons (Fsp3) is 0.167.